The Hall–Kier alpha value is -1.43. The molecule has 0 unspecified atom stereocenters. The zero-order chi connectivity index (χ0) is 48.3. The van der Waals surface area contributed by atoms with Gasteiger partial charge in [-0.15, -0.1) is 0 Å². The van der Waals surface area contributed by atoms with Gasteiger partial charge in [-0.1, -0.05) is 60.1 Å². The summed E-state index contributed by atoms with van der Waals surface area (Å²) in [5.74, 6) is -0.191. The zero-order valence-corrected chi connectivity index (χ0v) is 39.5. The number of hydrogen-bond donors (Lipinski definition) is 11. The van der Waals surface area contributed by atoms with Gasteiger partial charge in [-0.25, -0.2) is 0 Å². The molecule has 0 aromatic rings. The van der Waals surface area contributed by atoms with E-state index in [2.05, 4.69) is 54.5 Å². The first-order chi connectivity index (χ1) is 30.9. The van der Waals surface area contributed by atoms with Crippen molar-refractivity contribution in [2.24, 2.45) is 50.2 Å². The molecular weight excluding hydrogens is 865 g/mol. The van der Waals surface area contributed by atoms with Gasteiger partial charge in [-0.05, 0) is 109 Å². The van der Waals surface area contributed by atoms with Crippen LogP contribution in [0.1, 0.15) is 113 Å². The fourth-order valence-electron chi connectivity index (χ4n) is 15.2. The van der Waals surface area contributed by atoms with Crippen LogP contribution in [0.15, 0.2) is 11.6 Å². The Morgan fingerprint density at radius 1 is 0.606 bits per heavy atom. The van der Waals surface area contributed by atoms with Crippen LogP contribution in [0.3, 0.4) is 0 Å². The Balaban J connectivity index is 1.06. The first-order valence-corrected chi connectivity index (χ1v) is 24.3. The van der Waals surface area contributed by atoms with Crippen molar-refractivity contribution in [3.8, 4) is 0 Å². The van der Waals surface area contributed by atoms with E-state index < -0.39 is 135 Å². The highest BCUT2D eigenvalue weighted by atomic mass is 16.8. The predicted octanol–water partition coefficient (Wildman–Crippen LogP) is 0.706. The molecule has 378 valence electrons. The minimum Gasteiger partial charge on any atom is -0.481 e. The van der Waals surface area contributed by atoms with Crippen LogP contribution < -0.4 is 0 Å². The van der Waals surface area contributed by atoms with Gasteiger partial charge in [0, 0.05) is 0 Å². The number of aliphatic hydroxyl groups is 10. The number of carboxylic acids is 1. The molecule has 11 N–H and O–H groups in total. The lowest BCUT2D eigenvalue weighted by molar-refractivity contribution is -0.393. The minimum absolute atomic E-state index is 0.00164. The molecule has 18 heteroatoms. The van der Waals surface area contributed by atoms with E-state index in [9.17, 15) is 61.0 Å². The molecule has 4 saturated carbocycles. The highest BCUT2D eigenvalue weighted by Crippen LogP contribution is 2.76. The fraction of sp³-hybridized carbons (Fsp3) is 0.938. The van der Waals surface area contributed by atoms with E-state index in [0.717, 1.165) is 44.9 Å². The van der Waals surface area contributed by atoms with Gasteiger partial charge in [0.2, 0.25) is 0 Å². The van der Waals surface area contributed by atoms with E-state index >= 15 is 0 Å². The number of rotatable bonds is 10. The Labute approximate surface area is 387 Å². The van der Waals surface area contributed by atoms with Crippen LogP contribution >= 0.6 is 0 Å². The number of ether oxygens (including phenoxy) is 6. The molecule has 0 aromatic carbocycles. The molecule has 0 aromatic heterocycles. The number of carbonyl (C=O) groups is 1. The number of carboxylic acid groups (broad SMARTS) is 1. The molecule has 0 radical (unpaired) electrons. The number of fused-ring (bicyclic) bond motifs is 7. The molecule has 0 bridgehead atoms. The van der Waals surface area contributed by atoms with E-state index in [0.29, 0.717) is 25.2 Å². The molecular formula is C48H78O18. The first-order valence-electron chi connectivity index (χ1n) is 24.3. The molecule has 0 spiro atoms. The maximum atomic E-state index is 13.2. The first kappa shape index (κ1) is 50.9. The third-order valence-corrected chi connectivity index (χ3v) is 19.4. The summed E-state index contributed by atoms with van der Waals surface area (Å²) in [5, 5.41) is 118. The summed E-state index contributed by atoms with van der Waals surface area (Å²) in [4.78, 5) is 13.2. The van der Waals surface area contributed by atoms with Crippen molar-refractivity contribution in [2.75, 3.05) is 19.8 Å². The number of aliphatic hydroxyl groups excluding tert-OH is 10. The molecule has 3 aliphatic heterocycles. The number of hydrogen-bond acceptors (Lipinski definition) is 17. The summed E-state index contributed by atoms with van der Waals surface area (Å²) in [6.45, 7) is 13.9. The van der Waals surface area contributed by atoms with Crippen LogP contribution in [-0.2, 0) is 33.2 Å². The van der Waals surface area contributed by atoms with Gasteiger partial charge >= 0.3 is 5.97 Å². The number of aliphatic carboxylic acids is 1. The Morgan fingerprint density at radius 3 is 1.70 bits per heavy atom. The molecule has 8 aliphatic rings. The Morgan fingerprint density at radius 2 is 1.14 bits per heavy atom. The molecule has 3 saturated heterocycles. The van der Waals surface area contributed by atoms with Crippen LogP contribution in [0.25, 0.3) is 0 Å². The van der Waals surface area contributed by atoms with E-state index in [-0.39, 0.29) is 33.5 Å². The maximum Gasteiger partial charge on any atom is 0.310 e. The Bertz CT molecular complexity index is 1790. The average Bonchev–Trinajstić information content (AvgIpc) is 3.26. The molecule has 0 amide bonds. The normalized spacial score (nSPS) is 53.3. The van der Waals surface area contributed by atoms with Crippen molar-refractivity contribution < 1.29 is 89.4 Å². The highest BCUT2D eigenvalue weighted by Gasteiger charge is 2.70. The van der Waals surface area contributed by atoms with E-state index in [1.807, 2.05) is 0 Å². The quantitative estimate of drug-likeness (QED) is 0.106. The summed E-state index contributed by atoms with van der Waals surface area (Å²) in [6.07, 6.45) is -15.1. The molecule has 3 heterocycles. The molecule has 66 heavy (non-hydrogen) atoms. The van der Waals surface area contributed by atoms with Gasteiger partial charge in [0.25, 0.3) is 0 Å². The van der Waals surface area contributed by atoms with E-state index in [4.69, 9.17) is 28.4 Å². The van der Waals surface area contributed by atoms with Gasteiger partial charge in [-0.3, -0.25) is 4.79 Å². The van der Waals surface area contributed by atoms with Crippen LogP contribution in [0.5, 0.6) is 0 Å². The summed E-state index contributed by atoms with van der Waals surface area (Å²) in [6, 6.07) is 0. The Kier molecular flexibility index (Phi) is 13.9. The lowest BCUT2D eigenvalue weighted by Crippen LogP contribution is -2.68. The fourth-order valence-corrected chi connectivity index (χ4v) is 15.2. The predicted molar refractivity (Wildman–Crippen MR) is 231 cm³/mol. The van der Waals surface area contributed by atoms with Crippen molar-refractivity contribution in [2.45, 2.75) is 211 Å². The highest BCUT2D eigenvalue weighted by molar-refractivity contribution is 5.76. The van der Waals surface area contributed by atoms with E-state index in [1.54, 1.807) is 0 Å². The largest absolute Gasteiger partial charge is 0.481 e. The summed E-state index contributed by atoms with van der Waals surface area (Å²) < 4.78 is 36.6. The molecule has 18 nitrogen and oxygen atoms in total. The van der Waals surface area contributed by atoms with Crippen molar-refractivity contribution in [1.82, 2.24) is 0 Å². The monoisotopic (exact) mass is 943 g/mol. The molecule has 7 fully saturated rings. The van der Waals surface area contributed by atoms with Crippen LogP contribution in [0.4, 0.5) is 0 Å². The minimum atomic E-state index is -1.90. The van der Waals surface area contributed by atoms with Crippen LogP contribution in [0.2, 0.25) is 0 Å². The van der Waals surface area contributed by atoms with Crippen LogP contribution in [-0.4, -0.2) is 180 Å². The van der Waals surface area contributed by atoms with Gasteiger partial charge in [0.05, 0.1) is 31.3 Å². The summed E-state index contributed by atoms with van der Waals surface area (Å²) in [5.41, 5.74) is -0.183. The third kappa shape index (κ3) is 7.87. The van der Waals surface area contributed by atoms with Crippen molar-refractivity contribution in [1.29, 1.82) is 0 Å². The number of allylic oxidation sites excluding steroid dienone is 2. The lowest BCUT2D eigenvalue weighted by atomic mass is 9.33. The molecule has 23 atom stereocenters. The lowest BCUT2D eigenvalue weighted by Gasteiger charge is -2.71. The summed E-state index contributed by atoms with van der Waals surface area (Å²) >= 11 is 0. The van der Waals surface area contributed by atoms with Gasteiger partial charge < -0.3 is 84.6 Å². The van der Waals surface area contributed by atoms with Crippen LogP contribution in [0, 0.1) is 50.2 Å². The second-order valence-electron chi connectivity index (χ2n) is 23.5. The van der Waals surface area contributed by atoms with Gasteiger partial charge in [-0.2, -0.15) is 0 Å². The topological polar surface area (TPSA) is 295 Å². The smallest absolute Gasteiger partial charge is 0.310 e. The maximum absolute atomic E-state index is 13.2. The zero-order valence-electron chi connectivity index (χ0n) is 39.5. The SMILES string of the molecule is CC1(C)CC[C@]2(C(=O)O)CC[C@]3(C)C(=CC[C@@H]4[C@@]5(C)CC[C@H](O[C@@H]6O[C@H](CO)[C@@H](O[C@@H]7O[C@H](CO)[C@@H](O)[C@H](O)[C@H]7O)[C@H](O[C@@H]7O[C@H](CO)[C@H](O)[C@H](O)[C@H]7O)[C@H]6O)C(C)(C)[C@@H]5CC[C@]43C)[C@@H]2C1. The molecule has 5 aliphatic carbocycles. The van der Waals surface area contributed by atoms with Gasteiger partial charge in [0.15, 0.2) is 18.9 Å². The average molecular weight is 943 g/mol. The van der Waals surface area contributed by atoms with Crippen molar-refractivity contribution in [3.63, 3.8) is 0 Å². The van der Waals surface area contributed by atoms with Crippen molar-refractivity contribution in [3.05, 3.63) is 11.6 Å². The van der Waals surface area contributed by atoms with Gasteiger partial charge in [0.1, 0.15) is 73.2 Å². The molecule has 8 rings (SSSR count). The van der Waals surface area contributed by atoms with Crippen molar-refractivity contribution >= 4 is 5.97 Å². The second kappa shape index (κ2) is 18.0. The standard InChI is InChI=1S/C48H78O18/c1-43(2)14-16-48(42(59)60)17-15-46(6)22(23(48)18-43)8-9-28-45(5)12-11-29(44(3,4)27(45)10-13-47(28,46)7)64-41-36(58)38(66-40-35(57)33(55)31(53)25(20-50)62-40)37(26(21-51)63-41)65-39-34(56)32(54)30(52)24(19-49)61-39/h8,23-41,49-58H,9-21H2,1-7H3,(H,59,60)/t23-,24+,25+,26+,27-,28+,29-,30+,31-,32-,33-,34+,35+,36+,37+,38+,39-,40-,41-,45-,46+,47+,48-/m0/s1. The van der Waals surface area contributed by atoms with E-state index in [1.165, 1.54) is 5.57 Å². The second-order valence-corrected chi connectivity index (χ2v) is 23.5. The third-order valence-electron chi connectivity index (χ3n) is 19.4. The summed E-state index contributed by atoms with van der Waals surface area (Å²) in [7, 11) is 0.